The third-order valence-corrected chi connectivity index (χ3v) is 3.18. The van der Waals surface area contributed by atoms with Crippen LogP contribution in [0.2, 0.25) is 0 Å². The van der Waals surface area contributed by atoms with Gasteiger partial charge in [0.25, 0.3) is 0 Å². The van der Waals surface area contributed by atoms with Gasteiger partial charge in [0.05, 0.1) is 0 Å². The number of hydrogen-bond donors (Lipinski definition) is 1. The molecule has 0 amide bonds. The third kappa shape index (κ3) is 1.53. The highest BCUT2D eigenvalue weighted by Gasteiger charge is 2.19. The van der Waals surface area contributed by atoms with Crippen molar-refractivity contribution in [3.05, 3.63) is 46.3 Å². The molecule has 1 unspecified atom stereocenters. The third-order valence-electron chi connectivity index (χ3n) is 3.18. The molecule has 1 aliphatic rings. The minimum absolute atomic E-state index is 0.272. The molecule has 1 N–H and O–H groups in total. The van der Waals surface area contributed by atoms with Gasteiger partial charge in [-0.15, -0.1) is 0 Å². The fourth-order valence-electron chi connectivity index (χ4n) is 2.36. The van der Waals surface area contributed by atoms with Crippen LogP contribution in [0.5, 0.6) is 0 Å². The van der Waals surface area contributed by atoms with Gasteiger partial charge >= 0.3 is 5.63 Å². The summed E-state index contributed by atoms with van der Waals surface area (Å²) in [5.41, 5.74) is 1.63. The second-order valence-corrected chi connectivity index (χ2v) is 4.21. The van der Waals surface area contributed by atoms with Crippen LogP contribution >= 0.6 is 0 Å². The summed E-state index contributed by atoms with van der Waals surface area (Å²) in [5, 5.41) is 4.33. The molecule has 1 saturated heterocycles. The topological polar surface area (TPSA) is 42.2 Å². The molecule has 0 aliphatic carbocycles. The van der Waals surface area contributed by atoms with E-state index in [2.05, 4.69) is 11.4 Å². The number of hydrogen-bond acceptors (Lipinski definition) is 3. The van der Waals surface area contributed by atoms with E-state index >= 15 is 0 Å². The fraction of sp³-hybridized carbons (Fsp3) is 0.308. The quantitative estimate of drug-likeness (QED) is 0.738. The van der Waals surface area contributed by atoms with Crippen molar-refractivity contribution in [2.75, 3.05) is 13.1 Å². The summed E-state index contributed by atoms with van der Waals surface area (Å²) in [7, 11) is 0. The Balaban J connectivity index is 2.22. The normalized spacial score (nSPS) is 20.4. The molecule has 0 bridgehead atoms. The van der Waals surface area contributed by atoms with Crippen LogP contribution in [0, 0.1) is 0 Å². The summed E-state index contributed by atoms with van der Waals surface area (Å²) in [5.74, 6) is 0.467. The van der Waals surface area contributed by atoms with Crippen LogP contribution in [0.1, 0.15) is 17.9 Å². The predicted octanol–water partition coefficient (Wildman–Crippen LogP) is 1.87. The monoisotopic (exact) mass is 215 g/mol. The second kappa shape index (κ2) is 3.76. The van der Waals surface area contributed by atoms with E-state index in [1.165, 1.54) is 6.07 Å². The largest absolute Gasteiger partial charge is 0.422 e. The average molecular weight is 215 g/mol. The first-order valence-electron chi connectivity index (χ1n) is 5.58. The van der Waals surface area contributed by atoms with Crippen molar-refractivity contribution in [2.24, 2.45) is 0 Å². The summed E-state index contributed by atoms with van der Waals surface area (Å²) in [6.45, 7) is 2.01. The van der Waals surface area contributed by atoms with Crippen molar-refractivity contribution in [1.82, 2.24) is 5.32 Å². The zero-order valence-electron chi connectivity index (χ0n) is 8.90. The van der Waals surface area contributed by atoms with Crippen molar-refractivity contribution in [2.45, 2.75) is 12.3 Å². The minimum Gasteiger partial charge on any atom is -0.422 e. The molecule has 0 spiro atoms. The van der Waals surface area contributed by atoms with Crippen LogP contribution in [0.15, 0.2) is 39.5 Å². The standard InChI is InChI=1S/C13H13NO2/c15-12-5-4-9-2-1-3-11(13(9)16-12)10-6-7-14-8-10/h1-5,10,14H,6-8H2. The Kier molecular flexibility index (Phi) is 2.26. The van der Waals surface area contributed by atoms with E-state index in [-0.39, 0.29) is 5.63 Å². The number of para-hydroxylation sites is 1. The summed E-state index contributed by atoms with van der Waals surface area (Å²) < 4.78 is 5.32. The molecule has 1 aromatic heterocycles. The summed E-state index contributed by atoms with van der Waals surface area (Å²) in [4.78, 5) is 11.3. The van der Waals surface area contributed by atoms with E-state index < -0.39 is 0 Å². The Hall–Kier alpha value is -1.61. The molecule has 1 aliphatic heterocycles. The van der Waals surface area contributed by atoms with Crippen molar-refractivity contribution in [3.63, 3.8) is 0 Å². The Morgan fingerprint density at radius 2 is 2.19 bits per heavy atom. The highest BCUT2D eigenvalue weighted by Crippen LogP contribution is 2.28. The van der Waals surface area contributed by atoms with Gasteiger partial charge in [0.1, 0.15) is 5.58 Å². The molecule has 2 aromatic rings. The van der Waals surface area contributed by atoms with Crippen LogP contribution in [0.25, 0.3) is 11.0 Å². The van der Waals surface area contributed by atoms with E-state index in [9.17, 15) is 4.79 Å². The van der Waals surface area contributed by atoms with E-state index in [1.807, 2.05) is 18.2 Å². The summed E-state index contributed by atoms with van der Waals surface area (Å²) in [6, 6.07) is 9.36. The van der Waals surface area contributed by atoms with Gasteiger partial charge in [-0.05, 0) is 24.6 Å². The molecule has 0 radical (unpaired) electrons. The van der Waals surface area contributed by atoms with Crippen LogP contribution in [0.3, 0.4) is 0 Å². The zero-order valence-corrected chi connectivity index (χ0v) is 8.90. The lowest BCUT2D eigenvalue weighted by molar-refractivity contribution is 0.552. The van der Waals surface area contributed by atoms with E-state index in [0.717, 1.165) is 36.0 Å². The molecular formula is C13H13NO2. The smallest absolute Gasteiger partial charge is 0.336 e. The maximum Gasteiger partial charge on any atom is 0.336 e. The Morgan fingerprint density at radius 1 is 1.25 bits per heavy atom. The highest BCUT2D eigenvalue weighted by atomic mass is 16.4. The number of rotatable bonds is 1. The first kappa shape index (κ1) is 9.60. The van der Waals surface area contributed by atoms with Crippen LogP contribution in [0.4, 0.5) is 0 Å². The van der Waals surface area contributed by atoms with Gasteiger partial charge in [0.2, 0.25) is 0 Å². The predicted molar refractivity (Wildman–Crippen MR) is 62.7 cm³/mol. The Labute approximate surface area is 93.1 Å². The zero-order chi connectivity index (χ0) is 11.0. The maximum atomic E-state index is 11.3. The second-order valence-electron chi connectivity index (χ2n) is 4.21. The molecule has 2 heterocycles. The van der Waals surface area contributed by atoms with Gasteiger partial charge in [0.15, 0.2) is 0 Å². The summed E-state index contributed by atoms with van der Waals surface area (Å²) in [6.07, 6.45) is 1.11. The molecule has 3 nitrogen and oxygen atoms in total. The Bertz CT molecular complexity index is 567. The van der Waals surface area contributed by atoms with E-state index in [1.54, 1.807) is 0 Å². The molecule has 3 rings (SSSR count). The first-order chi connectivity index (χ1) is 7.84. The number of benzene rings is 1. The number of fused-ring (bicyclic) bond motifs is 1. The van der Waals surface area contributed by atoms with E-state index in [4.69, 9.17) is 4.42 Å². The van der Waals surface area contributed by atoms with Crippen molar-refractivity contribution in [1.29, 1.82) is 0 Å². The van der Waals surface area contributed by atoms with Crippen LogP contribution in [-0.4, -0.2) is 13.1 Å². The molecule has 16 heavy (non-hydrogen) atoms. The number of nitrogens with one attached hydrogen (secondary N) is 1. The van der Waals surface area contributed by atoms with Gasteiger partial charge in [-0.25, -0.2) is 4.79 Å². The van der Waals surface area contributed by atoms with Crippen molar-refractivity contribution >= 4 is 11.0 Å². The van der Waals surface area contributed by atoms with Crippen LogP contribution < -0.4 is 10.9 Å². The molecular weight excluding hydrogens is 202 g/mol. The highest BCUT2D eigenvalue weighted by molar-refractivity contribution is 5.80. The van der Waals surface area contributed by atoms with Gasteiger partial charge in [-0.2, -0.15) is 0 Å². The lowest BCUT2D eigenvalue weighted by atomic mass is 9.96. The lowest BCUT2D eigenvalue weighted by Gasteiger charge is -2.10. The SMILES string of the molecule is O=c1ccc2cccc(C3CCNC3)c2o1. The molecule has 1 fully saturated rings. The molecule has 1 atom stereocenters. The average Bonchev–Trinajstić information content (AvgIpc) is 2.81. The van der Waals surface area contributed by atoms with Gasteiger partial charge in [-0.1, -0.05) is 18.2 Å². The summed E-state index contributed by atoms with van der Waals surface area (Å²) >= 11 is 0. The minimum atomic E-state index is -0.272. The maximum absolute atomic E-state index is 11.3. The van der Waals surface area contributed by atoms with E-state index in [0.29, 0.717) is 5.92 Å². The molecule has 3 heteroatoms. The molecule has 82 valence electrons. The van der Waals surface area contributed by atoms with Crippen molar-refractivity contribution < 1.29 is 4.42 Å². The van der Waals surface area contributed by atoms with Gasteiger partial charge in [-0.3, -0.25) is 0 Å². The first-order valence-corrected chi connectivity index (χ1v) is 5.58. The lowest BCUT2D eigenvalue weighted by Crippen LogP contribution is -2.08. The Morgan fingerprint density at radius 3 is 3.00 bits per heavy atom. The van der Waals surface area contributed by atoms with Crippen molar-refractivity contribution in [3.8, 4) is 0 Å². The molecule has 0 saturated carbocycles. The van der Waals surface area contributed by atoms with Gasteiger partial charge in [0, 0.05) is 23.9 Å². The fourth-order valence-corrected chi connectivity index (χ4v) is 2.36. The van der Waals surface area contributed by atoms with Gasteiger partial charge < -0.3 is 9.73 Å². The molecule has 1 aromatic carbocycles. The van der Waals surface area contributed by atoms with Crippen LogP contribution in [-0.2, 0) is 0 Å².